The second-order valence-electron chi connectivity index (χ2n) is 8.33. The second kappa shape index (κ2) is 9.13. The minimum atomic E-state index is -1.00. The summed E-state index contributed by atoms with van der Waals surface area (Å²) in [6, 6.07) is 13.3. The summed E-state index contributed by atoms with van der Waals surface area (Å²) < 4.78 is 16.3. The average molecular weight is 508 g/mol. The summed E-state index contributed by atoms with van der Waals surface area (Å²) in [5.74, 6) is -0.986. The molecule has 36 heavy (non-hydrogen) atoms. The summed E-state index contributed by atoms with van der Waals surface area (Å²) in [6.07, 6.45) is 0. The lowest BCUT2D eigenvalue weighted by molar-refractivity contribution is -0.132. The third-order valence-electron chi connectivity index (χ3n) is 6.11. The van der Waals surface area contributed by atoms with Crippen LogP contribution in [-0.2, 0) is 9.59 Å². The van der Waals surface area contributed by atoms with Gasteiger partial charge in [0.05, 0.1) is 18.2 Å². The van der Waals surface area contributed by atoms with Crippen LogP contribution in [0.1, 0.15) is 29.7 Å². The van der Waals surface area contributed by atoms with Crippen molar-refractivity contribution in [3.05, 3.63) is 81.9 Å². The highest BCUT2D eigenvalue weighted by Gasteiger charge is 2.47. The van der Waals surface area contributed by atoms with Crippen molar-refractivity contribution in [3.63, 3.8) is 0 Å². The van der Waals surface area contributed by atoms with Crippen molar-refractivity contribution in [1.82, 2.24) is 0 Å². The Morgan fingerprint density at radius 3 is 2.61 bits per heavy atom. The number of phenolic OH excluding ortho intramolecular Hbond substituents is 1. The lowest BCUT2D eigenvalue weighted by Gasteiger charge is -2.27. The minimum absolute atomic E-state index is 0.0491. The van der Waals surface area contributed by atoms with Crippen LogP contribution in [0.4, 0.5) is 5.69 Å². The van der Waals surface area contributed by atoms with E-state index in [1.54, 1.807) is 62.4 Å². The number of hydrogen-bond acceptors (Lipinski definition) is 7. The molecule has 2 heterocycles. The van der Waals surface area contributed by atoms with Gasteiger partial charge in [0.25, 0.3) is 11.7 Å². The Morgan fingerprint density at radius 1 is 1.08 bits per heavy atom. The van der Waals surface area contributed by atoms with Crippen LogP contribution in [0.25, 0.3) is 5.76 Å². The molecular weight excluding hydrogens is 486 g/mol. The molecule has 3 aromatic rings. The smallest absolute Gasteiger partial charge is 0.300 e. The van der Waals surface area contributed by atoms with Crippen molar-refractivity contribution < 1.29 is 34.0 Å². The number of amides is 1. The molecule has 0 aromatic heterocycles. The Morgan fingerprint density at radius 2 is 1.86 bits per heavy atom. The monoisotopic (exact) mass is 507 g/mol. The molecule has 2 N–H and O–H groups in total. The van der Waals surface area contributed by atoms with Crippen LogP contribution in [-0.4, -0.2) is 35.3 Å². The number of hydrogen-bond donors (Lipinski definition) is 2. The van der Waals surface area contributed by atoms with Crippen LogP contribution < -0.4 is 19.1 Å². The van der Waals surface area contributed by atoms with Crippen molar-refractivity contribution in [3.8, 4) is 23.0 Å². The fraction of sp³-hybridized carbons (Fsp3) is 0.185. The lowest BCUT2D eigenvalue weighted by atomic mass is 9.94. The van der Waals surface area contributed by atoms with Gasteiger partial charge in [-0.15, -0.1) is 0 Å². The number of Topliss-reactive ketones (excluding diaryl/α,β-unsaturated/α-hetero) is 1. The fourth-order valence-electron chi connectivity index (χ4n) is 4.46. The van der Waals surface area contributed by atoms with Crippen molar-refractivity contribution in [2.45, 2.75) is 19.9 Å². The highest BCUT2D eigenvalue weighted by molar-refractivity contribution is 6.51. The Labute approximate surface area is 211 Å². The summed E-state index contributed by atoms with van der Waals surface area (Å²) in [5, 5.41) is 22.1. The third kappa shape index (κ3) is 3.89. The van der Waals surface area contributed by atoms with E-state index in [0.29, 0.717) is 45.5 Å². The predicted molar refractivity (Wildman–Crippen MR) is 133 cm³/mol. The maximum Gasteiger partial charge on any atom is 0.300 e. The predicted octanol–water partition coefficient (Wildman–Crippen LogP) is 5.11. The Bertz CT molecular complexity index is 1430. The lowest BCUT2D eigenvalue weighted by Crippen LogP contribution is -2.30. The van der Waals surface area contributed by atoms with Gasteiger partial charge in [0.15, 0.2) is 23.0 Å². The number of aliphatic hydroxyl groups excluding tert-OH is 1. The number of rotatable bonds is 5. The number of ketones is 1. The first-order valence-corrected chi connectivity index (χ1v) is 11.6. The van der Waals surface area contributed by atoms with E-state index < -0.39 is 17.7 Å². The van der Waals surface area contributed by atoms with Crippen molar-refractivity contribution in [2.24, 2.45) is 0 Å². The molecule has 0 spiro atoms. The van der Waals surface area contributed by atoms with Crippen molar-refractivity contribution >= 4 is 34.7 Å². The molecule has 1 atom stereocenters. The Kier molecular flexibility index (Phi) is 5.97. The summed E-state index contributed by atoms with van der Waals surface area (Å²) in [4.78, 5) is 28.1. The topological polar surface area (TPSA) is 106 Å². The molecule has 2 aliphatic heterocycles. The van der Waals surface area contributed by atoms with Crippen molar-refractivity contribution in [2.75, 3.05) is 18.3 Å². The first-order valence-electron chi connectivity index (χ1n) is 11.2. The zero-order chi connectivity index (χ0) is 25.6. The number of aliphatic hydroxyl groups is 1. The van der Waals surface area contributed by atoms with Crippen LogP contribution >= 0.6 is 11.6 Å². The van der Waals surface area contributed by atoms with Crippen molar-refractivity contribution in [1.29, 1.82) is 0 Å². The van der Waals surface area contributed by atoms with Gasteiger partial charge in [-0.3, -0.25) is 14.5 Å². The standard InChI is InChI=1S/C27H22ClNO7/c1-3-34-21-11-15(4-8-19(21)30)24-23(25(31)16-5-9-20-22(12-16)36-13-35-20)26(32)27(33)29(24)18-7-6-17(28)10-14(18)2/h4-12,24,30-31H,3,13H2,1-2H3/b25-23+. The van der Waals surface area contributed by atoms with Gasteiger partial charge in [-0.1, -0.05) is 17.7 Å². The fourth-order valence-corrected chi connectivity index (χ4v) is 4.68. The van der Waals surface area contributed by atoms with E-state index in [9.17, 15) is 19.8 Å². The number of carbonyl (C=O) groups excluding carboxylic acids is 2. The SMILES string of the molecule is CCOc1cc(C2/C(=C(\O)c3ccc4c(c3)OCO4)C(=O)C(=O)N2c2ccc(Cl)cc2C)ccc1O. The number of anilines is 1. The highest BCUT2D eigenvalue weighted by Crippen LogP contribution is 2.45. The summed E-state index contributed by atoms with van der Waals surface area (Å²) in [6.45, 7) is 3.89. The molecule has 1 unspecified atom stereocenters. The molecule has 5 rings (SSSR count). The molecule has 8 nitrogen and oxygen atoms in total. The zero-order valence-electron chi connectivity index (χ0n) is 19.4. The van der Waals surface area contributed by atoms with Gasteiger partial charge in [-0.2, -0.15) is 0 Å². The first-order chi connectivity index (χ1) is 17.3. The number of benzene rings is 3. The molecule has 1 fully saturated rings. The number of carbonyl (C=O) groups is 2. The van der Waals surface area contributed by atoms with Gasteiger partial charge in [-0.25, -0.2) is 0 Å². The van der Waals surface area contributed by atoms with E-state index in [4.69, 9.17) is 25.8 Å². The van der Waals surface area contributed by atoms with Gasteiger partial charge in [-0.05, 0) is 73.5 Å². The van der Waals surface area contributed by atoms with Crippen LogP contribution in [0.15, 0.2) is 60.2 Å². The van der Waals surface area contributed by atoms with Crippen LogP contribution in [0.2, 0.25) is 5.02 Å². The van der Waals surface area contributed by atoms with E-state index in [2.05, 4.69) is 0 Å². The number of ether oxygens (including phenoxy) is 3. The molecule has 2 aliphatic rings. The summed E-state index contributed by atoms with van der Waals surface area (Å²) in [7, 11) is 0. The molecule has 1 amide bonds. The van der Waals surface area contributed by atoms with Crippen LogP contribution in [0.3, 0.4) is 0 Å². The maximum atomic E-state index is 13.4. The van der Waals surface area contributed by atoms with E-state index >= 15 is 0 Å². The average Bonchev–Trinajstić information content (AvgIpc) is 3.43. The quantitative estimate of drug-likeness (QED) is 0.281. The molecule has 0 saturated carbocycles. The summed E-state index contributed by atoms with van der Waals surface area (Å²) in [5.41, 5.74) is 1.77. The molecular formula is C27H22ClNO7. The van der Waals surface area contributed by atoms with Gasteiger partial charge in [0, 0.05) is 16.3 Å². The number of nitrogens with zero attached hydrogens (tertiary/aromatic N) is 1. The number of halogens is 1. The highest BCUT2D eigenvalue weighted by atomic mass is 35.5. The van der Waals surface area contributed by atoms with E-state index in [0.717, 1.165) is 0 Å². The molecule has 0 radical (unpaired) electrons. The molecule has 184 valence electrons. The zero-order valence-corrected chi connectivity index (χ0v) is 20.2. The van der Waals surface area contributed by atoms with Gasteiger partial charge < -0.3 is 24.4 Å². The first kappa shape index (κ1) is 23.6. The van der Waals surface area contributed by atoms with E-state index in [1.165, 1.54) is 11.0 Å². The number of aryl methyl sites for hydroxylation is 1. The minimum Gasteiger partial charge on any atom is -0.507 e. The Balaban J connectivity index is 1.73. The van der Waals surface area contributed by atoms with E-state index in [-0.39, 0.29) is 29.6 Å². The Hall–Kier alpha value is -4.17. The van der Waals surface area contributed by atoms with Gasteiger partial charge >= 0.3 is 0 Å². The maximum absolute atomic E-state index is 13.4. The summed E-state index contributed by atoms with van der Waals surface area (Å²) >= 11 is 6.13. The van der Waals surface area contributed by atoms with Crippen LogP contribution in [0, 0.1) is 6.92 Å². The largest absolute Gasteiger partial charge is 0.507 e. The molecule has 9 heteroatoms. The molecule has 1 saturated heterocycles. The van der Waals surface area contributed by atoms with Gasteiger partial charge in [0.2, 0.25) is 6.79 Å². The van der Waals surface area contributed by atoms with Gasteiger partial charge in [0.1, 0.15) is 5.76 Å². The number of aromatic hydroxyl groups is 1. The molecule has 0 bridgehead atoms. The molecule has 3 aromatic carbocycles. The second-order valence-corrected chi connectivity index (χ2v) is 8.76. The number of fused-ring (bicyclic) bond motifs is 1. The molecule has 0 aliphatic carbocycles. The van der Waals surface area contributed by atoms with Crippen LogP contribution in [0.5, 0.6) is 23.0 Å². The number of phenols is 1. The van der Waals surface area contributed by atoms with E-state index in [1.807, 2.05) is 0 Å². The normalized spacial score (nSPS) is 18.1. The third-order valence-corrected chi connectivity index (χ3v) is 6.34.